The molecule has 0 radical (unpaired) electrons. The van der Waals surface area contributed by atoms with Crippen molar-refractivity contribution in [3.05, 3.63) is 0 Å². The number of rotatable bonds is 2. The van der Waals surface area contributed by atoms with Gasteiger partial charge in [-0.15, -0.1) is 0 Å². The van der Waals surface area contributed by atoms with Crippen LogP contribution in [0.5, 0.6) is 0 Å². The summed E-state index contributed by atoms with van der Waals surface area (Å²) in [6, 6.07) is 0. The molecule has 1 N–H and O–H groups in total. The first-order valence-electron chi connectivity index (χ1n) is 5.59. The van der Waals surface area contributed by atoms with Crippen molar-refractivity contribution in [3.63, 3.8) is 0 Å². The van der Waals surface area contributed by atoms with Crippen molar-refractivity contribution in [1.29, 1.82) is 0 Å². The van der Waals surface area contributed by atoms with Gasteiger partial charge in [-0.05, 0) is 32.7 Å². The number of hydrogen-bond donors (Lipinski definition) is 1. The highest BCUT2D eigenvalue weighted by molar-refractivity contribution is 4.81. The molecule has 1 aliphatic rings. The van der Waals surface area contributed by atoms with E-state index < -0.39 is 0 Å². The van der Waals surface area contributed by atoms with E-state index in [9.17, 15) is 5.11 Å². The third kappa shape index (κ3) is 5.27. The van der Waals surface area contributed by atoms with Gasteiger partial charge in [0.05, 0.1) is 5.60 Å². The predicted molar refractivity (Wildman–Crippen MR) is 57.9 cm³/mol. The topological polar surface area (TPSA) is 23.5 Å². The minimum absolute atomic E-state index is 0.385. The molecule has 0 aliphatic carbocycles. The van der Waals surface area contributed by atoms with Crippen LogP contribution in [0.4, 0.5) is 0 Å². The lowest BCUT2D eigenvalue weighted by molar-refractivity contribution is -0.00515. The molecule has 1 rings (SSSR count). The van der Waals surface area contributed by atoms with Gasteiger partial charge in [0.15, 0.2) is 0 Å². The van der Waals surface area contributed by atoms with Gasteiger partial charge in [0.25, 0.3) is 0 Å². The van der Waals surface area contributed by atoms with Crippen LogP contribution in [0.15, 0.2) is 0 Å². The van der Waals surface area contributed by atoms with Gasteiger partial charge >= 0.3 is 0 Å². The third-order valence-electron chi connectivity index (χ3n) is 2.47. The molecule has 13 heavy (non-hydrogen) atoms. The molecular formula is C11H25NO. The first kappa shape index (κ1) is 12.9. The summed E-state index contributed by atoms with van der Waals surface area (Å²) in [5.74, 6) is 0. The number of piperidine rings is 1. The minimum Gasteiger partial charge on any atom is -0.390 e. The zero-order valence-corrected chi connectivity index (χ0v) is 9.64. The minimum atomic E-state index is -0.385. The van der Waals surface area contributed by atoms with Crippen molar-refractivity contribution in [2.75, 3.05) is 19.6 Å². The highest BCUT2D eigenvalue weighted by atomic mass is 16.3. The molecular weight excluding hydrogens is 162 g/mol. The van der Waals surface area contributed by atoms with Crippen molar-refractivity contribution in [2.45, 2.75) is 52.6 Å². The fourth-order valence-electron chi connectivity index (χ4n) is 1.57. The second kappa shape index (κ2) is 6.39. The van der Waals surface area contributed by atoms with Crippen LogP contribution in [0.25, 0.3) is 0 Å². The van der Waals surface area contributed by atoms with Gasteiger partial charge in [-0.3, -0.25) is 0 Å². The van der Waals surface area contributed by atoms with Crippen molar-refractivity contribution < 1.29 is 5.11 Å². The average molecular weight is 187 g/mol. The van der Waals surface area contributed by atoms with E-state index in [0.29, 0.717) is 0 Å². The summed E-state index contributed by atoms with van der Waals surface area (Å²) in [5, 5.41) is 9.63. The summed E-state index contributed by atoms with van der Waals surface area (Å²) in [7, 11) is 0. The zero-order valence-electron chi connectivity index (χ0n) is 9.64. The molecule has 1 saturated heterocycles. The Bertz CT molecular complexity index is 113. The highest BCUT2D eigenvalue weighted by Crippen LogP contribution is 2.20. The Morgan fingerprint density at radius 1 is 1.23 bits per heavy atom. The van der Waals surface area contributed by atoms with E-state index in [4.69, 9.17) is 0 Å². The Kier molecular flexibility index (Phi) is 6.35. The van der Waals surface area contributed by atoms with Crippen molar-refractivity contribution >= 4 is 0 Å². The molecule has 2 nitrogen and oxygen atoms in total. The monoisotopic (exact) mass is 187 g/mol. The fourth-order valence-corrected chi connectivity index (χ4v) is 1.57. The van der Waals surface area contributed by atoms with Crippen LogP contribution in [0.3, 0.4) is 0 Å². The van der Waals surface area contributed by atoms with E-state index in [-0.39, 0.29) is 5.60 Å². The van der Waals surface area contributed by atoms with Crippen molar-refractivity contribution in [2.24, 2.45) is 0 Å². The zero-order chi connectivity index (χ0) is 10.3. The van der Waals surface area contributed by atoms with Crippen LogP contribution in [0.2, 0.25) is 0 Å². The van der Waals surface area contributed by atoms with Crippen LogP contribution < -0.4 is 0 Å². The largest absolute Gasteiger partial charge is 0.390 e. The van der Waals surface area contributed by atoms with E-state index >= 15 is 0 Å². The summed E-state index contributed by atoms with van der Waals surface area (Å²) in [5.41, 5.74) is -0.385. The summed E-state index contributed by atoms with van der Waals surface area (Å²) < 4.78 is 0. The van der Waals surface area contributed by atoms with Crippen LogP contribution >= 0.6 is 0 Å². The molecule has 0 saturated carbocycles. The van der Waals surface area contributed by atoms with Gasteiger partial charge < -0.3 is 10.0 Å². The lowest BCUT2D eigenvalue weighted by atomic mass is 9.94. The van der Waals surface area contributed by atoms with E-state index in [2.05, 4.69) is 11.8 Å². The third-order valence-corrected chi connectivity index (χ3v) is 2.47. The van der Waals surface area contributed by atoms with Gasteiger partial charge in [-0.25, -0.2) is 0 Å². The summed E-state index contributed by atoms with van der Waals surface area (Å²) in [4.78, 5) is 2.43. The fraction of sp³-hybridized carbons (Fsp3) is 1.00. The Morgan fingerprint density at radius 3 is 2.08 bits per heavy atom. The van der Waals surface area contributed by atoms with Crippen molar-refractivity contribution in [1.82, 2.24) is 4.90 Å². The molecule has 0 aromatic carbocycles. The van der Waals surface area contributed by atoms with Crippen LogP contribution in [-0.4, -0.2) is 35.2 Å². The van der Waals surface area contributed by atoms with E-state index in [1.54, 1.807) is 0 Å². The number of hydrogen-bond acceptors (Lipinski definition) is 2. The Labute approximate surface area is 82.9 Å². The van der Waals surface area contributed by atoms with Crippen molar-refractivity contribution in [3.8, 4) is 0 Å². The maximum atomic E-state index is 9.63. The normalized spacial score (nSPS) is 21.9. The molecule has 1 aliphatic heterocycles. The second-order valence-electron chi connectivity index (χ2n) is 3.84. The Balaban J connectivity index is 0.000000671. The standard InChI is InChI=1S/C9H19NO.C2H6/c1-3-6-10-7-4-9(2,11)5-8-10;1-2/h11H,3-8H2,1-2H3;1-2H3. The second-order valence-corrected chi connectivity index (χ2v) is 3.84. The van der Waals surface area contributed by atoms with Crippen LogP contribution in [0.1, 0.15) is 47.0 Å². The van der Waals surface area contributed by atoms with E-state index in [1.807, 2.05) is 20.8 Å². The first-order valence-corrected chi connectivity index (χ1v) is 5.59. The molecule has 2 heteroatoms. The predicted octanol–water partition coefficient (Wildman–Crippen LogP) is 2.27. The maximum Gasteiger partial charge on any atom is 0.0644 e. The molecule has 1 heterocycles. The first-order chi connectivity index (χ1) is 6.14. The number of aliphatic hydroxyl groups is 1. The van der Waals surface area contributed by atoms with Gasteiger partial charge in [0, 0.05) is 13.1 Å². The van der Waals surface area contributed by atoms with Crippen LogP contribution in [0, 0.1) is 0 Å². The van der Waals surface area contributed by atoms with E-state index in [0.717, 1.165) is 25.9 Å². The molecule has 1 fully saturated rings. The smallest absolute Gasteiger partial charge is 0.0644 e. The van der Waals surface area contributed by atoms with Crippen LogP contribution in [-0.2, 0) is 0 Å². The highest BCUT2D eigenvalue weighted by Gasteiger charge is 2.26. The molecule has 0 unspecified atom stereocenters. The Hall–Kier alpha value is -0.0800. The molecule has 80 valence electrons. The van der Waals surface area contributed by atoms with Gasteiger partial charge in [-0.1, -0.05) is 20.8 Å². The van der Waals surface area contributed by atoms with Gasteiger partial charge in [0.2, 0.25) is 0 Å². The molecule has 0 aromatic heterocycles. The van der Waals surface area contributed by atoms with E-state index in [1.165, 1.54) is 13.0 Å². The summed E-state index contributed by atoms with van der Waals surface area (Å²) in [6.45, 7) is 11.5. The Morgan fingerprint density at radius 2 is 1.69 bits per heavy atom. The lowest BCUT2D eigenvalue weighted by Gasteiger charge is -2.35. The number of likely N-dealkylation sites (tertiary alicyclic amines) is 1. The lowest BCUT2D eigenvalue weighted by Crippen LogP contribution is -2.42. The molecule has 0 bridgehead atoms. The average Bonchev–Trinajstić information content (AvgIpc) is 2.13. The summed E-state index contributed by atoms with van der Waals surface area (Å²) in [6.07, 6.45) is 3.10. The number of nitrogens with zero attached hydrogens (tertiary/aromatic N) is 1. The quantitative estimate of drug-likeness (QED) is 0.717. The molecule has 0 atom stereocenters. The summed E-state index contributed by atoms with van der Waals surface area (Å²) >= 11 is 0. The maximum absolute atomic E-state index is 9.63. The van der Waals surface area contributed by atoms with Gasteiger partial charge in [-0.2, -0.15) is 0 Å². The van der Waals surface area contributed by atoms with Gasteiger partial charge in [0.1, 0.15) is 0 Å². The molecule has 0 spiro atoms. The SMILES string of the molecule is CC.CCCN1CCC(C)(O)CC1. The molecule has 0 amide bonds. The molecule has 0 aromatic rings.